The van der Waals surface area contributed by atoms with Gasteiger partial charge in [-0.05, 0) is 37.7 Å². The average molecular weight is 503 g/mol. The fraction of sp³-hybridized carbons (Fsp3) is 0.542. The van der Waals surface area contributed by atoms with Gasteiger partial charge in [-0.2, -0.15) is 0 Å². The van der Waals surface area contributed by atoms with E-state index in [1.165, 1.54) is 13.3 Å². The van der Waals surface area contributed by atoms with Crippen molar-refractivity contribution in [2.24, 2.45) is 11.8 Å². The van der Waals surface area contributed by atoms with E-state index in [0.29, 0.717) is 53.3 Å². The van der Waals surface area contributed by atoms with E-state index in [1.807, 2.05) is 0 Å². The fourth-order valence-corrected chi connectivity index (χ4v) is 4.54. The lowest BCUT2D eigenvalue weighted by atomic mass is 9.97. The van der Waals surface area contributed by atoms with Gasteiger partial charge in [-0.25, -0.2) is 9.97 Å². The Hall–Kier alpha value is -2.82. The monoisotopic (exact) mass is 502 g/mol. The molecule has 2 amide bonds. The van der Waals surface area contributed by atoms with Crippen LogP contribution in [0, 0.1) is 11.8 Å². The Balaban J connectivity index is 1.41. The Morgan fingerprint density at radius 3 is 2.83 bits per heavy atom. The fourth-order valence-electron chi connectivity index (χ4n) is 4.34. The summed E-state index contributed by atoms with van der Waals surface area (Å²) >= 11 is 6.42. The van der Waals surface area contributed by atoms with Crippen LogP contribution in [0.3, 0.4) is 0 Å². The van der Waals surface area contributed by atoms with Crippen LogP contribution >= 0.6 is 11.6 Å². The number of hydrogen-bond donors (Lipinski definition) is 2. The summed E-state index contributed by atoms with van der Waals surface area (Å²) in [6.45, 7) is 3.40. The van der Waals surface area contributed by atoms with E-state index < -0.39 is 0 Å². The van der Waals surface area contributed by atoms with E-state index in [2.05, 4.69) is 25.6 Å². The van der Waals surface area contributed by atoms with Gasteiger partial charge in [-0.15, -0.1) is 0 Å². The third-order valence-corrected chi connectivity index (χ3v) is 6.64. The molecule has 11 heteroatoms. The lowest BCUT2D eigenvalue weighted by Crippen LogP contribution is -2.45. The van der Waals surface area contributed by atoms with Crippen LogP contribution in [0.4, 0.5) is 11.6 Å². The number of rotatable bonds is 8. The second-order valence-corrected chi connectivity index (χ2v) is 9.28. The molecule has 2 fully saturated rings. The molecule has 1 unspecified atom stereocenters. The number of pyridine rings is 1. The van der Waals surface area contributed by atoms with E-state index in [-0.39, 0.29) is 24.3 Å². The van der Waals surface area contributed by atoms with Crippen LogP contribution in [0.15, 0.2) is 24.7 Å². The molecule has 1 atom stereocenters. The minimum atomic E-state index is -0.317. The van der Waals surface area contributed by atoms with Crippen LogP contribution < -0.4 is 10.6 Å². The molecular formula is C24H31ClN6O4. The molecule has 188 valence electrons. The van der Waals surface area contributed by atoms with Crippen LogP contribution in [0.5, 0.6) is 0 Å². The van der Waals surface area contributed by atoms with Crippen molar-refractivity contribution in [2.45, 2.75) is 25.7 Å². The molecule has 0 bridgehead atoms. The number of carbonyl (C=O) groups is 2. The van der Waals surface area contributed by atoms with E-state index in [4.69, 9.17) is 21.1 Å². The lowest BCUT2D eigenvalue weighted by Gasteiger charge is -2.31. The Morgan fingerprint density at radius 2 is 2.03 bits per heavy atom. The van der Waals surface area contributed by atoms with Crippen LogP contribution in [-0.4, -0.2) is 78.2 Å². The van der Waals surface area contributed by atoms with Crippen LogP contribution in [0.25, 0.3) is 11.3 Å². The topological polar surface area (TPSA) is 119 Å². The molecule has 35 heavy (non-hydrogen) atoms. The summed E-state index contributed by atoms with van der Waals surface area (Å²) in [7, 11) is 1.48. The first-order chi connectivity index (χ1) is 17.0. The quantitative estimate of drug-likeness (QED) is 0.565. The van der Waals surface area contributed by atoms with Gasteiger partial charge < -0.3 is 25.0 Å². The van der Waals surface area contributed by atoms with E-state index in [9.17, 15) is 9.59 Å². The molecule has 0 saturated carbocycles. The van der Waals surface area contributed by atoms with Gasteiger partial charge in [0.15, 0.2) is 0 Å². The first-order valence-corrected chi connectivity index (χ1v) is 12.3. The zero-order valence-corrected chi connectivity index (χ0v) is 20.6. The number of hydrogen-bond acceptors (Lipinski definition) is 8. The minimum absolute atomic E-state index is 0.0144. The SMILES string of the molecule is COCC(=O)N1CCCC(C(=O)Nc2cc(-c3cncc(NCC4CCOCC4)n3)c(Cl)cn2)C1. The van der Waals surface area contributed by atoms with E-state index in [1.54, 1.807) is 23.4 Å². The van der Waals surface area contributed by atoms with Crippen molar-refractivity contribution >= 4 is 35.1 Å². The number of nitrogens with one attached hydrogen (secondary N) is 2. The molecule has 2 saturated heterocycles. The number of anilines is 2. The molecule has 2 aromatic rings. The summed E-state index contributed by atoms with van der Waals surface area (Å²) in [4.78, 5) is 40.0. The second kappa shape index (κ2) is 12.2. The summed E-state index contributed by atoms with van der Waals surface area (Å²) in [5.74, 6) is 0.969. The van der Waals surface area contributed by atoms with Crippen molar-refractivity contribution in [3.8, 4) is 11.3 Å². The molecule has 4 rings (SSSR count). The molecule has 0 spiro atoms. The maximum Gasteiger partial charge on any atom is 0.248 e. The Morgan fingerprint density at radius 1 is 1.20 bits per heavy atom. The van der Waals surface area contributed by atoms with Crippen molar-refractivity contribution in [3.05, 3.63) is 29.7 Å². The highest BCUT2D eigenvalue weighted by Gasteiger charge is 2.28. The van der Waals surface area contributed by atoms with Gasteiger partial charge in [0.05, 0.1) is 29.0 Å². The number of carbonyl (C=O) groups excluding carboxylic acids is 2. The summed E-state index contributed by atoms with van der Waals surface area (Å²) in [6.07, 6.45) is 8.32. The predicted molar refractivity (Wildman–Crippen MR) is 132 cm³/mol. The zero-order valence-electron chi connectivity index (χ0n) is 19.8. The summed E-state index contributed by atoms with van der Waals surface area (Å²) < 4.78 is 10.4. The highest BCUT2D eigenvalue weighted by Crippen LogP contribution is 2.29. The molecule has 2 aliphatic heterocycles. The molecule has 10 nitrogen and oxygen atoms in total. The standard InChI is InChI=1S/C24H31ClN6O4/c1-34-15-23(32)31-6-2-3-17(14-31)24(33)30-21-9-18(19(25)11-28-21)20-12-26-13-22(29-20)27-10-16-4-7-35-8-5-16/h9,11-13,16-17H,2-8,10,14-15H2,1H3,(H,27,29)(H,28,30,33). The van der Waals surface area contributed by atoms with Gasteiger partial charge in [-0.3, -0.25) is 14.6 Å². The van der Waals surface area contributed by atoms with Gasteiger partial charge >= 0.3 is 0 Å². The molecule has 0 aliphatic carbocycles. The van der Waals surface area contributed by atoms with Crippen molar-refractivity contribution < 1.29 is 19.1 Å². The summed E-state index contributed by atoms with van der Waals surface area (Å²) in [5.41, 5.74) is 1.21. The molecule has 2 aliphatic rings. The number of methoxy groups -OCH3 is 1. The highest BCUT2D eigenvalue weighted by molar-refractivity contribution is 6.33. The smallest absolute Gasteiger partial charge is 0.248 e. The summed E-state index contributed by atoms with van der Waals surface area (Å²) in [6, 6.07) is 1.70. The first-order valence-electron chi connectivity index (χ1n) is 11.9. The molecule has 0 aromatic carbocycles. The lowest BCUT2D eigenvalue weighted by molar-refractivity contribution is -0.138. The molecule has 2 N–H and O–H groups in total. The third kappa shape index (κ3) is 6.87. The van der Waals surface area contributed by atoms with Crippen LogP contribution in [0.1, 0.15) is 25.7 Å². The van der Waals surface area contributed by atoms with E-state index >= 15 is 0 Å². The van der Waals surface area contributed by atoms with Crippen molar-refractivity contribution in [2.75, 3.05) is 57.2 Å². The Labute approximate surface area is 209 Å². The normalized spacial score (nSPS) is 18.8. The average Bonchev–Trinajstić information content (AvgIpc) is 2.89. The van der Waals surface area contributed by atoms with E-state index in [0.717, 1.165) is 39.0 Å². The predicted octanol–water partition coefficient (Wildman–Crippen LogP) is 2.85. The first kappa shape index (κ1) is 25.3. The maximum atomic E-state index is 12.9. The number of halogens is 1. The number of piperidine rings is 1. The zero-order chi connectivity index (χ0) is 24.6. The number of likely N-dealkylation sites (tertiary alicyclic amines) is 1. The molecule has 4 heterocycles. The third-order valence-electron chi connectivity index (χ3n) is 6.34. The number of nitrogens with zero attached hydrogens (tertiary/aromatic N) is 4. The van der Waals surface area contributed by atoms with Crippen molar-refractivity contribution in [3.63, 3.8) is 0 Å². The van der Waals surface area contributed by atoms with Gasteiger partial charge in [0, 0.05) is 51.7 Å². The Bertz CT molecular complexity index is 1030. The van der Waals surface area contributed by atoms with Crippen molar-refractivity contribution in [1.29, 1.82) is 0 Å². The van der Waals surface area contributed by atoms with Gasteiger partial charge in [0.1, 0.15) is 18.2 Å². The van der Waals surface area contributed by atoms with Gasteiger partial charge in [0.25, 0.3) is 0 Å². The van der Waals surface area contributed by atoms with Crippen LogP contribution in [-0.2, 0) is 19.1 Å². The summed E-state index contributed by atoms with van der Waals surface area (Å²) in [5, 5.41) is 6.64. The molecule has 0 radical (unpaired) electrons. The maximum absolute atomic E-state index is 12.9. The van der Waals surface area contributed by atoms with Crippen LogP contribution in [0.2, 0.25) is 5.02 Å². The number of ether oxygens (including phenoxy) is 2. The number of amides is 2. The minimum Gasteiger partial charge on any atom is -0.381 e. The van der Waals surface area contributed by atoms with Gasteiger partial charge in [-0.1, -0.05) is 11.6 Å². The number of aromatic nitrogens is 3. The van der Waals surface area contributed by atoms with Gasteiger partial charge in [0.2, 0.25) is 11.8 Å². The van der Waals surface area contributed by atoms with Crippen molar-refractivity contribution in [1.82, 2.24) is 19.9 Å². The molecule has 2 aromatic heterocycles. The largest absolute Gasteiger partial charge is 0.381 e. The highest BCUT2D eigenvalue weighted by atomic mass is 35.5. The second-order valence-electron chi connectivity index (χ2n) is 8.88. The molecular weight excluding hydrogens is 472 g/mol. The Kier molecular flexibility index (Phi) is 8.84.